The van der Waals surface area contributed by atoms with E-state index in [4.69, 9.17) is 10.5 Å². The van der Waals surface area contributed by atoms with Gasteiger partial charge in [-0.05, 0) is 18.2 Å². The van der Waals surface area contributed by atoms with E-state index in [1.807, 2.05) is 18.2 Å². The SMILES string of the molecule is N#CC(C#N)=NCc1nc2cc(Br)ccc2s1. The molecular formula is C11H5BrN4S. The Balaban J connectivity index is 2.30. The molecule has 0 bridgehead atoms. The molecule has 0 unspecified atom stereocenters. The van der Waals surface area contributed by atoms with Gasteiger partial charge >= 0.3 is 0 Å². The summed E-state index contributed by atoms with van der Waals surface area (Å²) in [6.07, 6.45) is 0. The lowest BCUT2D eigenvalue weighted by Gasteiger charge is -1.87. The van der Waals surface area contributed by atoms with Crippen molar-refractivity contribution in [3.8, 4) is 12.1 Å². The first kappa shape index (κ1) is 11.7. The first-order valence-electron chi connectivity index (χ1n) is 4.62. The van der Waals surface area contributed by atoms with Crippen LogP contribution >= 0.6 is 27.3 Å². The van der Waals surface area contributed by atoms with Gasteiger partial charge in [0.05, 0.1) is 16.8 Å². The molecule has 0 saturated heterocycles. The van der Waals surface area contributed by atoms with Gasteiger partial charge in [-0.2, -0.15) is 10.5 Å². The molecule has 0 radical (unpaired) electrons. The molecule has 82 valence electrons. The van der Waals surface area contributed by atoms with Crippen LogP contribution in [0.5, 0.6) is 0 Å². The van der Waals surface area contributed by atoms with E-state index < -0.39 is 0 Å². The van der Waals surface area contributed by atoms with Crippen molar-refractivity contribution in [1.29, 1.82) is 10.5 Å². The Bertz CT molecular complexity index is 659. The molecule has 0 aliphatic rings. The number of fused-ring (bicyclic) bond motifs is 1. The molecule has 0 saturated carbocycles. The molecule has 0 aliphatic heterocycles. The summed E-state index contributed by atoms with van der Waals surface area (Å²) >= 11 is 4.89. The average molecular weight is 305 g/mol. The monoisotopic (exact) mass is 304 g/mol. The second kappa shape index (κ2) is 5.05. The number of aliphatic imine (C=N–C) groups is 1. The minimum atomic E-state index is -0.120. The maximum Gasteiger partial charge on any atom is 0.213 e. The number of thiazole rings is 1. The summed E-state index contributed by atoms with van der Waals surface area (Å²) in [5.74, 6) is 0. The fourth-order valence-corrected chi connectivity index (χ4v) is 2.48. The number of nitrogens with zero attached hydrogens (tertiary/aromatic N) is 4. The Labute approximate surface area is 110 Å². The predicted molar refractivity (Wildman–Crippen MR) is 69.7 cm³/mol. The molecule has 0 N–H and O–H groups in total. The number of aromatic nitrogens is 1. The summed E-state index contributed by atoms with van der Waals surface area (Å²) in [6, 6.07) is 9.29. The van der Waals surface area contributed by atoms with Crippen molar-refractivity contribution in [2.75, 3.05) is 0 Å². The van der Waals surface area contributed by atoms with E-state index in [0.717, 1.165) is 19.7 Å². The van der Waals surface area contributed by atoms with Gasteiger partial charge in [0.25, 0.3) is 0 Å². The minimum Gasteiger partial charge on any atom is -0.257 e. The van der Waals surface area contributed by atoms with Crippen LogP contribution in [0.2, 0.25) is 0 Å². The summed E-state index contributed by atoms with van der Waals surface area (Å²) in [5.41, 5.74) is 0.774. The lowest BCUT2D eigenvalue weighted by atomic mass is 10.3. The molecule has 17 heavy (non-hydrogen) atoms. The zero-order chi connectivity index (χ0) is 12.3. The van der Waals surface area contributed by atoms with Crippen LogP contribution in [0.15, 0.2) is 27.7 Å². The number of benzene rings is 1. The zero-order valence-corrected chi connectivity index (χ0v) is 10.9. The van der Waals surface area contributed by atoms with Crippen LogP contribution in [0.3, 0.4) is 0 Å². The van der Waals surface area contributed by atoms with Crippen LogP contribution in [0.25, 0.3) is 10.2 Å². The van der Waals surface area contributed by atoms with Crippen molar-refractivity contribution >= 4 is 43.2 Å². The normalized spacial score (nSPS) is 9.59. The van der Waals surface area contributed by atoms with Gasteiger partial charge in [0.1, 0.15) is 17.1 Å². The Kier molecular flexibility index (Phi) is 3.48. The highest BCUT2D eigenvalue weighted by atomic mass is 79.9. The van der Waals surface area contributed by atoms with E-state index in [1.165, 1.54) is 11.3 Å². The topological polar surface area (TPSA) is 72.8 Å². The van der Waals surface area contributed by atoms with Gasteiger partial charge in [-0.15, -0.1) is 11.3 Å². The van der Waals surface area contributed by atoms with Crippen LogP contribution in [0.4, 0.5) is 0 Å². The number of halogens is 1. The number of rotatable bonds is 2. The van der Waals surface area contributed by atoms with E-state index in [9.17, 15) is 0 Å². The smallest absolute Gasteiger partial charge is 0.213 e. The third kappa shape index (κ3) is 2.68. The van der Waals surface area contributed by atoms with Crippen LogP contribution in [-0.4, -0.2) is 10.7 Å². The molecule has 6 heteroatoms. The molecule has 4 nitrogen and oxygen atoms in total. The fraction of sp³-hybridized carbons (Fsp3) is 0.0909. The summed E-state index contributed by atoms with van der Waals surface area (Å²) in [7, 11) is 0. The number of hydrogen-bond acceptors (Lipinski definition) is 5. The lowest BCUT2D eigenvalue weighted by Crippen LogP contribution is -1.89. The van der Waals surface area contributed by atoms with Crippen molar-refractivity contribution in [3.05, 3.63) is 27.7 Å². The molecule has 0 spiro atoms. The fourth-order valence-electron chi connectivity index (χ4n) is 1.26. The van der Waals surface area contributed by atoms with E-state index in [0.29, 0.717) is 0 Å². The highest BCUT2D eigenvalue weighted by Crippen LogP contribution is 2.25. The zero-order valence-electron chi connectivity index (χ0n) is 8.51. The maximum atomic E-state index is 8.55. The molecule has 2 rings (SSSR count). The van der Waals surface area contributed by atoms with Crippen molar-refractivity contribution in [2.45, 2.75) is 6.54 Å². The largest absolute Gasteiger partial charge is 0.257 e. The van der Waals surface area contributed by atoms with Crippen LogP contribution < -0.4 is 0 Å². The van der Waals surface area contributed by atoms with E-state index in [1.54, 1.807) is 12.1 Å². The average Bonchev–Trinajstić information content (AvgIpc) is 2.72. The molecule has 1 aromatic heterocycles. The first-order chi connectivity index (χ1) is 8.22. The molecule has 0 atom stereocenters. The maximum absolute atomic E-state index is 8.55. The van der Waals surface area contributed by atoms with Crippen molar-refractivity contribution in [2.24, 2.45) is 4.99 Å². The number of nitriles is 2. The Morgan fingerprint density at radius 3 is 2.88 bits per heavy atom. The standard InChI is InChI=1S/C11H5BrN4S/c12-7-1-2-10-9(3-7)16-11(17-10)6-15-8(4-13)5-14/h1-3H,6H2. The molecule has 2 aromatic rings. The van der Waals surface area contributed by atoms with Crippen molar-refractivity contribution in [3.63, 3.8) is 0 Å². The summed E-state index contributed by atoms with van der Waals surface area (Å²) in [5, 5.41) is 17.9. The molecule has 0 amide bonds. The summed E-state index contributed by atoms with van der Waals surface area (Å²) in [6.45, 7) is 0.271. The van der Waals surface area contributed by atoms with Gasteiger partial charge in [-0.3, -0.25) is 4.99 Å². The van der Waals surface area contributed by atoms with Crippen molar-refractivity contribution in [1.82, 2.24) is 4.98 Å². The van der Waals surface area contributed by atoms with Gasteiger partial charge in [-0.1, -0.05) is 15.9 Å². The number of hydrogen-bond donors (Lipinski definition) is 0. The summed E-state index contributed by atoms with van der Waals surface area (Å²) in [4.78, 5) is 8.26. The van der Waals surface area contributed by atoms with Crippen LogP contribution in [0, 0.1) is 22.7 Å². The van der Waals surface area contributed by atoms with E-state index in [2.05, 4.69) is 25.9 Å². The third-order valence-electron chi connectivity index (χ3n) is 1.98. The van der Waals surface area contributed by atoms with Gasteiger partial charge in [0.2, 0.25) is 5.71 Å². The molecule has 1 aromatic carbocycles. The van der Waals surface area contributed by atoms with E-state index in [-0.39, 0.29) is 12.3 Å². The molecule has 0 aliphatic carbocycles. The Hall–Kier alpha value is -1.76. The van der Waals surface area contributed by atoms with Gasteiger partial charge in [0.15, 0.2) is 0 Å². The van der Waals surface area contributed by atoms with E-state index >= 15 is 0 Å². The summed E-state index contributed by atoms with van der Waals surface area (Å²) < 4.78 is 2.04. The van der Waals surface area contributed by atoms with Gasteiger partial charge < -0.3 is 0 Å². The molecule has 0 fully saturated rings. The Morgan fingerprint density at radius 2 is 2.18 bits per heavy atom. The first-order valence-corrected chi connectivity index (χ1v) is 6.23. The van der Waals surface area contributed by atoms with Crippen LogP contribution in [-0.2, 0) is 6.54 Å². The highest BCUT2D eigenvalue weighted by Gasteiger charge is 2.04. The molecular weight excluding hydrogens is 300 g/mol. The lowest BCUT2D eigenvalue weighted by molar-refractivity contribution is 1.05. The Morgan fingerprint density at radius 1 is 1.41 bits per heavy atom. The second-order valence-electron chi connectivity index (χ2n) is 3.11. The van der Waals surface area contributed by atoms with Crippen LogP contribution in [0.1, 0.15) is 5.01 Å². The van der Waals surface area contributed by atoms with Gasteiger partial charge in [0, 0.05) is 4.47 Å². The quantitative estimate of drug-likeness (QED) is 0.800. The minimum absolute atomic E-state index is 0.120. The molecule has 1 heterocycles. The van der Waals surface area contributed by atoms with Crippen molar-refractivity contribution < 1.29 is 0 Å². The predicted octanol–water partition coefficient (Wildman–Crippen LogP) is 3.05. The highest BCUT2D eigenvalue weighted by molar-refractivity contribution is 9.10. The second-order valence-corrected chi connectivity index (χ2v) is 5.14. The third-order valence-corrected chi connectivity index (χ3v) is 3.49. The van der Waals surface area contributed by atoms with Gasteiger partial charge in [-0.25, -0.2) is 4.98 Å².